The van der Waals surface area contributed by atoms with Gasteiger partial charge in [-0.25, -0.2) is 9.37 Å². The molecule has 3 aromatic rings. The second-order valence-electron chi connectivity index (χ2n) is 7.66. The normalized spacial score (nSPS) is 14.3. The lowest BCUT2D eigenvalue weighted by atomic mass is 10.1. The van der Waals surface area contributed by atoms with E-state index < -0.39 is 5.95 Å². The summed E-state index contributed by atoms with van der Waals surface area (Å²) >= 11 is 0. The number of hydrogen-bond acceptors (Lipinski definition) is 5. The van der Waals surface area contributed by atoms with E-state index in [9.17, 15) is 13.6 Å². The van der Waals surface area contributed by atoms with Crippen molar-refractivity contribution in [2.24, 2.45) is 0 Å². The number of amides is 1. The van der Waals surface area contributed by atoms with Crippen molar-refractivity contribution in [3.8, 4) is 11.3 Å². The first-order valence-electron chi connectivity index (χ1n) is 10.5. The smallest absolute Gasteiger partial charge is 0.224 e. The lowest BCUT2D eigenvalue weighted by Crippen LogP contribution is -2.35. The summed E-state index contributed by atoms with van der Waals surface area (Å²) in [5.41, 5.74) is 2.82. The third-order valence-electron chi connectivity index (χ3n) is 5.24. The van der Waals surface area contributed by atoms with Gasteiger partial charge in [0, 0.05) is 32.4 Å². The van der Waals surface area contributed by atoms with Gasteiger partial charge < -0.3 is 10.1 Å². The van der Waals surface area contributed by atoms with Gasteiger partial charge in [0.15, 0.2) is 0 Å². The summed E-state index contributed by atoms with van der Waals surface area (Å²) in [6.07, 6.45) is 1.68. The van der Waals surface area contributed by atoms with E-state index in [4.69, 9.17) is 4.74 Å². The highest BCUT2D eigenvalue weighted by atomic mass is 19.1. The van der Waals surface area contributed by atoms with Crippen molar-refractivity contribution < 1.29 is 18.3 Å². The Morgan fingerprint density at radius 1 is 1.06 bits per heavy atom. The number of ether oxygens (including phenoxy) is 1. The fraction of sp³-hybridized carbons (Fsp3) is 0.292. The number of nitrogens with one attached hydrogen (secondary N) is 1. The van der Waals surface area contributed by atoms with E-state index in [2.05, 4.69) is 20.2 Å². The van der Waals surface area contributed by atoms with E-state index in [-0.39, 0.29) is 24.7 Å². The summed E-state index contributed by atoms with van der Waals surface area (Å²) in [6.45, 7) is 3.81. The van der Waals surface area contributed by atoms with E-state index >= 15 is 0 Å². The van der Waals surface area contributed by atoms with Crippen LogP contribution < -0.4 is 5.32 Å². The third kappa shape index (κ3) is 5.93. The van der Waals surface area contributed by atoms with E-state index in [0.717, 1.165) is 13.1 Å². The standard InChI is InChI=1S/C24H24F2N4O2/c25-19-3-1-2-17(12-19)15-28-23(31)13-18-4-7-22(27-14-18)21-6-5-20(29-24(21)26)16-30-8-10-32-11-9-30/h1-7,12,14H,8-11,13,15-16H2,(H,28,31). The molecule has 1 aliphatic rings. The monoisotopic (exact) mass is 438 g/mol. The van der Waals surface area contributed by atoms with Crippen molar-refractivity contribution in [2.45, 2.75) is 19.5 Å². The lowest BCUT2D eigenvalue weighted by Gasteiger charge is -2.26. The molecule has 1 fully saturated rings. The average molecular weight is 438 g/mol. The summed E-state index contributed by atoms with van der Waals surface area (Å²) in [4.78, 5) is 22.7. The molecule has 0 unspecified atom stereocenters. The molecule has 2 aromatic heterocycles. The van der Waals surface area contributed by atoms with Gasteiger partial charge in [-0.15, -0.1) is 0 Å². The predicted octanol–water partition coefficient (Wildman–Crippen LogP) is 3.11. The maximum atomic E-state index is 14.6. The summed E-state index contributed by atoms with van der Waals surface area (Å²) in [5.74, 6) is -1.11. The average Bonchev–Trinajstić information content (AvgIpc) is 2.79. The fourth-order valence-corrected chi connectivity index (χ4v) is 3.52. The van der Waals surface area contributed by atoms with Crippen LogP contribution in [0.25, 0.3) is 11.3 Å². The molecule has 0 saturated carbocycles. The van der Waals surface area contributed by atoms with E-state index in [1.807, 2.05) is 6.07 Å². The number of carbonyl (C=O) groups excluding carboxylic acids is 1. The minimum atomic E-state index is -0.566. The van der Waals surface area contributed by atoms with E-state index in [1.165, 1.54) is 12.1 Å². The molecule has 1 N–H and O–H groups in total. The summed E-state index contributed by atoms with van der Waals surface area (Å²) in [5, 5.41) is 2.75. The Balaban J connectivity index is 1.34. The molecule has 0 aliphatic carbocycles. The number of rotatable bonds is 7. The zero-order valence-electron chi connectivity index (χ0n) is 17.6. The molecule has 0 spiro atoms. The third-order valence-corrected chi connectivity index (χ3v) is 5.24. The summed E-state index contributed by atoms with van der Waals surface area (Å²) < 4.78 is 33.1. The van der Waals surface area contributed by atoms with Crippen molar-refractivity contribution in [2.75, 3.05) is 26.3 Å². The van der Waals surface area contributed by atoms with Gasteiger partial charge in [0.1, 0.15) is 5.82 Å². The first-order valence-corrected chi connectivity index (χ1v) is 10.5. The molecule has 0 atom stereocenters. The van der Waals surface area contributed by atoms with Gasteiger partial charge in [0.25, 0.3) is 0 Å². The lowest BCUT2D eigenvalue weighted by molar-refractivity contribution is -0.120. The van der Waals surface area contributed by atoms with Crippen LogP contribution in [0.15, 0.2) is 54.7 Å². The second kappa shape index (κ2) is 10.4. The van der Waals surface area contributed by atoms with Gasteiger partial charge >= 0.3 is 0 Å². The van der Waals surface area contributed by atoms with Crippen LogP contribution in [0.1, 0.15) is 16.8 Å². The Morgan fingerprint density at radius 2 is 1.91 bits per heavy atom. The Bertz CT molecular complexity index is 1070. The number of pyridine rings is 2. The second-order valence-corrected chi connectivity index (χ2v) is 7.66. The van der Waals surface area contributed by atoms with Crippen LogP contribution in [-0.2, 0) is 29.0 Å². The highest BCUT2D eigenvalue weighted by molar-refractivity contribution is 5.78. The molecule has 1 saturated heterocycles. The molecule has 0 radical (unpaired) electrons. The predicted molar refractivity (Wildman–Crippen MR) is 115 cm³/mol. The van der Waals surface area contributed by atoms with Gasteiger partial charge in [-0.2, -0.15) is 4.39 Å². The molecule has 1 aromatic carbocycles. The molecule has 4 rings (SSSR count). The van der Waals surface area contributed by atoms with Crippen LogP contribution in [0.4, 0.5) is 8.78 Å². The van der Waals surface area contributed by atoms with Crippen LogP contribution >= 0.6 is 0 Å². The van der Waals surface area contributed by atoms with Crippen molar-refractivity contribution in [1.29, 1.82) is 0 Å². The zero-order valence-corrected chi connectivity index (χ0v) is 17.6. The Kier molecular flexibility index (Phi) is 7.14. The molecular weight excluding hydrogens is 414 g/mol. The highest BCUT2D eigenvalue weighted by Gasteiger charge is 2.14. The number of carbonyl (C=O) groups is 1. The van der Waals surface area contributed by atoms with Crippen LogP contribution in [0.2, 0.25) is 0 Å². The van der Waals surface area contributed by atoms with Crippen LogP contribution in [0, 0.1) is 11.8 Å². The van der Waals surface area contributed by atoms with Crippen molar-refractivity contribution in [3.63, 3.8) is 0 Å². The molecule has 166 valence electrons. The molecule has 32 heavy (non-hydrogen) atoms. The van der Waals surface area contributed by atoms with Crippen molar-refractivity contribution in [3.05, 3.63) is 83.3 Å². The molecule has 8 heteroatoms. The van der Waals surface area contributed by atoms with Gasteiger partial charge in [-0.05, 0) is 41.5 Å². The molecule has 1 aliphatic heterocycles. The minimum Gasteiger partial charge on any atom is -0.379 e. The van der Waals surface area contributed by atoms with E-state index in [0.29, 0.717) is 47.8 Å². The number of morpholine rings is 1. The minimum absolute atomic E-state index is 0.127. The Morgan fingerprint density at radius 3 is 2.62 bits per heavy atom. The zero-order chi connectivity index (χ0) is 22.3. The number of nitrogens with zero attached hydrogens (tertiary/aromatic N) is 3. The van der Waals surface area contributed by atoms with Crippen LogP contribution in [0.3, 0.4) is 0 Å². The van der Waals surface area contributed by atoms with Gasteiger partial charge in [0.05, 0.1) is 36.6 Å². The van der Waals surface area contributed by atoms with Gasteiger partial charge in [-0.3, -0.25) is 14.7 Å². The molecule has 0 bridgehead atoms. The Hall–Kier alpha value is -3.23. The molecule has 1 amide bonds. The van der Waals surface area contributed by atoms with Crippen molar-refractivity contribution >= 4 is 5.91 Å². The first-order chi connectivity index (χ1) is 15.6. The van der Waals surface area contributed by atoms with Gasteiger partial charge in [-0.1, -0.05) is 18.2 Å². The Labute approximate surface area is 185 Å². The van der Waals surface area contributed by atoms with Crippen molar-refractivity contribution in [1.82, 2.24) is 20.2 Å². The molecular formula is C24H24F2N4O2. The van der Waals surface area contributed by atoms with Crippen LogP contribution in [-0.4, -0.2) is 47.1 Å². The summed E-state index contributed by atoms with van der Waals surface area (Å²) in [6, 6.07) is 13.0. The van der Waals surface area contributed by atoms with E-state index in [1.54, 1.807) is 36.5 Å². The van der Waals surface area contributed by atoms with Gasteiger partial charge in [0.2, 0.25) is 11.9 Å². The summed E-state index contributed by atoms with van der Waals surface area (Å²) in [7, 11) is 0. The number of hydrogen-bond donors (Lipinski definition) is 1. The van der Waals surface area contributed by atoms with Crippen LogP contribution in [0.5, 0.6) is 0 Å². The fourth-order valence-electron chi connectivity index (χ4n) is 3.52. The maximum absolute atomic E-state index is 14.6. The highest BCUT2D eigenvalue weighted by Crippen LogP contribution is 2.21. The largest absolute Gasteiger partial charge is 0.379 e. The molecule has 6 nitrogen and oxygen atoms in total. The topological polar surface area (TPSA) is 67.4 Å². The number of benzene rings is 1. The molecule has 3 heterocycles. The first kappa shape index (κ1) is 22.0. The number of halogens is 2. The maximum Gasteiger partial charge on any atom is 0.224 e. The SMILES string of the molecule is O=C(Cc1ccc(-c2ccc(CN3CCOCC3)nc2F)nc1)NCc1cccc(F)c1. The quantitative estimate of drug-likeness (QED) is 0.574. The number of aromatic nitrogens is 2.